The van der Waals surface area contributed by atoms with Crippen LogP contribution in [-0.4, -0.2) is 35.2 Å². The van der Waals surface area contributed by atoms with Crippen LogP contribution in [-0.2, 0) is 10.0 Å². The highest BCUT2D eigenvalue weighted by atomic mass is 32.2. The van der Waals surface area contributed by atoms with Crippen molar-refractivity contribution in [3.63, 3.8) is 0 Å². The number of hydrogen-bond acceptors (Lipinski definition) is 4. The van der Waals surface area contributed by atoms with Gasteiger partial charge in [0, 0.05) is 19.2 Å². The van der Waals surface area contributed by atoms with Crippen molar-refractivity contribution < 1.29 is 17.5 Å². The van der Waals surface area contributed by atoms with Gasteiger partial charge in [-0.25, -0.2) is 17.5 Å². The summed E-state index contributed by atoms with van der Waals surface area (Å²) >= 11 is 0. The fourth-order valence-corrected chi connectivity index (χ4v) is 2.51. The first-order valence-corrected chi connectivity index (χ1v) is 7.53. The van der Waals surface area contributed by atoms with Gasteiger partial charge in [0.1, 0.15) is 0 Å². The summed E-state index contributed by atoms with van der Waals surface area (Å²) in [5.74, 6) is -0.682. The van der Waals surface area contributed by atoms with Crippen LogP contribution < -0.4 is 14.8 Å². The molecule has 0 bridgehead atoms. The minimum Gasteiger partial charge on any atom is -0.494 e. The molecule has 0 fully saturated rings. The zero-order valence-electron chi connectivity index (χ0n) is 11.1. The lowest BCUT2D eigenvalue weighted by Crippen LogP contribution is -2.32. The molecule has 1 rings (SSSR count). The van der Waals surface area contributed by atoms with Crippen LogP contribution in [0.3, 0.4) is 0 Å². The van der Waals surface area contributed by atoms with Crippen molar-refractivity contribution in [2.45, 2.75) is 18.2 Å². The number of nitrogens with one attached hydrogen (secondary N) is 2. The molecule has 108 valence electrons. The Bertz CT molecular complexity index is 506. The summed E-state index contributed by atoms with van der Waals surface area (Å²) in [4.78, 5) is -0.0127. The summed E-state index contributed by atoms with van der Waals surface area (Å²) in [5, 5.41) is 3.08. The first-order chi connectivity index (χ1) is 9.01. The molecule has 0 amide bonds. The highest BCUT2D eigenvalue weighted by Crippen LogP contribution is 2.20. The molecular weight excluding hydrogens is 271 g/mol. The quantitative estimate of drug-likeness (QED) is 0.704. The molecule has 0 aliphatic carbocycles. The zero-order chi connectivity index (χ0) is 14.3. The number of rotatable bonds is 8. The van der Waals surface area contributed by atoms with Crippen LogP contribution in [0.25, 0.3) is 0 Å². The Balaban J connectivity index is 2.67. The van der Waals surface area contributed by atoms with Crippen LogP contribution in [0, 0.1) is 5.82 Å². The van der Waals surface area contributed by atoms with Crippen molar-refractivity contribution in [3.8, 4) is 5.75 Å². The van der Waals surface area contributed by atoms with E-state index in [0.29, 0.717) is 6.54 Å². The Labute approximate surface area is 113 Å². The van der Waals surface area contributed by atoms with E-state index in [1.54, 1.807) is 0 Å². The number of sulfonamides is 1. The van der Waals surface area contributed by atoms with E-state index < -0.39 is 15.8 Å². The van der Waals surface area contributed by atoms with Crippen molar-refractivity contribution in [3.05, 3.63) is 24.0 Å². The first kappa shape index (κ1) is 15.9. The van der Waals surface area contributed by atoms with Gasteiger partial charge in [-0.3, -0.25) is 0 Å². The predicted molar refractivity (Wildman–Crippen MR) is 71.3 cm³/mol. The van der Waals surface area contributed by atoms with Crippen LogP contribution in [0.1, 0.15) is 13.3 Å². The average molecular weight is 290 g/mol. The molecule has 1 aromatic carbocycles. The lowest BCUT2D eigenvalue weighted by atomic mass is 10.3. The minimum atomic E-state index is -3.63. The van der Waals surface area contributed by atoms with Gasteiger partial charge in [0.2, 0.25) is 10.0 Å². The third kappa shape index (κ3) is 4.77. The fourth-order valence-electron chi connectivity index (χ4n) is 1.47. The normalized spacial score (nSPS) is 11.5. The first-order valence-electron chi connectivity index (χ1n) is 6.05. The second kappa shape index (κ2) is 7.42. The van der Waals surface area contributed by atoms with Gasteiger partial charge in [0.05, 0.1) is 12.0 Å². The molecule has 0 heterocycles. The van der Waals surface area contributed by atoms with Gasteiger partial charge in [-0.2, -0.15) is 0 Å². The summed E-state index contributed by atoms with van der Waals surface area (Å²) in [6, 6.07) is 3.44. The summed E-state index contributed by atoms with van der Waals surface area (Å²) in [5.41, 5.74) is 0. The van der Waals surface area contributed by atoms with E-state index in [4.69, 9.17) is 4.74 Å². The molecule has 7 heteroatoms. The maximum Gasteiger partial charge on any atom is 0.240 e. The van der Waals surface area contributed by atoms with Crippen LogP contribution in [0.5, 0.6) is 5.75 Å². The van der Waals surface area contributed by atoms with Gasteiger partial charge >= 0.3 is 0 Å². The molecule has 0 spiro atoms. The Morgan fingerprint density at radius 1 is 1.26 bits per heavy atom. The van der Waals surface area contributed by atoms with Gasteiger partial charge in [0.25, 0.3) is 0 Å². The molecular formula is C12H19FN2O3S. The summed E-state index contributed by atoms with van der Waals surface area (Å²) in [6.45, 7) is 3.70. The Kier molecular flexibility index (Phi) is 6.20. The molecule has 0 aliphatic heterocycles. The molecule has 0 aliphatic rings. The molecule has 0 unspecified atom stereocenters. The maximum atomic E-state index is 13.2. The maximum absolute atomic E-state index is 13.2. The summed E-state index contributed by atoms with van der Waals surface area (Å²) in [6.07, 6.45) is 0.988. The number of hydrogen-bond donors (Lipinski definition) is 2. The molecule has 2 N–H and O–H groups in total. The molecule has 0 aromatic heterocycles. The smallest absolute Gasteiger partial charge is 0.240 e. The SMILES string of the molecule is CCCNCCNS(=O)(=O)c1ccc(F)c(OC)c1. The number of ether oxygens (including phenoxy) is 1. The van der Waals surface area contributed by atoms with E-state index in [1.807, 2.05) is 6.92 Å². The van der Waals surface area contributed by atoms with E-state index in [9.17, 15) is 12.8 Å². The topological polar surface area (TPSA) is 67.4 Å². The van der Waals surface area contributed by atoms with Crippen molar-refractivity contribution in [1.29, 1.82) is 0 Å². The predicted octanol–water partition coefficient (Wildman–Crippen LogP) is 1.11. The Morgan fingerprint density at radius 3 is 2.63 bits per heavy atom. The Morgan fingerprint density at radius 2 is 2.00 bits per heavy atom. The summed E-state index contributed by atoms with van der Waals surface area (Å²) in [7, 11) is -2.34. The van der Waals surface area contributed by atoms with Crippen LogP contribution in [0.15, 0.2) is 23.1 Å². The third-order valence-corrected chi connectivity index (χ3v) is 3.91. The van der Waals surface area contributed by atoms with E-state index >= 15 is 0 Å². The van der Waals surface area contributed by atoms with Gasteiger partial charge < -0.3 is 10.1 Å². The largest absolute Gasteiger partial charge is 0.494 e. The van der Waals surface area contributed by atoms with Gasteiger partial charge in [0.15, 0.2) is 11.6 Å². The summed E-state index contributed by atoms with van der Waals surface area (Å²) < 4.78 is 44.2. The molecule has 0 saturated carbocycles. The average Bonchev–Trinajstić information content (AvgIpc) is 2.38. The number of benzene rings is 1. The lowest BCUT2D eigenvalue weighted by molar-refractivity contribution is 0.385. The van der Waals surface area contributed by atoms with Crippen molar-refractivity contribution in [2.24, 2.45) is 0 Å². The van der Waals surface area contributed by atoms with Crippen molar-refractivity contribution >= 4 is 10.0 Å². The third-order valence-electron chi connectivity index (χ3n) is 2.45. The highest BCUT2D eigenvalue weighted by Gasteiger charge is 2.15. The number of halogens is 1. The van der Waals surface area contributed by atoms with E-state index in [1.165, 1.54) is 13.2 Å². The van der Waals surface area contributed by atoms with Gasteiger partial charge in [-0.15, -0.1) is 0 Å². The van der Waals surface area contributed by atoms with E-state index in [0.717, 1.165) is 25.1 Å². The molecule has 19 heavy (non-hydrogen) atoms. The second-order valence-electron chi connectivity index (χ2n) is 3.94. The van der Waals surface area contributed by atoms with E-state index in [-0.39, 0.29) is 17.2 Å². The highest BCUT2D eigenvalue weighted by molar-refractivity contribution is 7.89. The molecule has 0 saturated heterocycles. The van der Waals surface area contributed by atoms with Crippen LogP contribution in [0.2, 0.25) is 0 Å². The molecule has 1 aromatic rings. The standard InChI is InChI=1S/C12H19FN2O3S/c1-3-6-14-7-8-15-19(16,17)10-4-5-11(13)12(9-10)18-2/h4-5,9,14-15H,3,6-8H2,1-2H3. The zero-order valence-corrected chi connectivity index (χ0v) is 11.9. The van der Waals surface area contributed by atoms with Crippen LogP contribution in [0.4, 0.5) is 4.39 Å². The second-order valence-corrected chi connectivity index (χ2v) is 5.71. The van der Waals surface area contributed by atoms with Gasteiger partial charge in [-0.05, 0) is 25.1 Å². The van der Waals surface area contributed by atoms with Gasteiger partial charge in [-0.1, -0.05) is 6.92 Å². The Hall–Kier alpha value is -1.18. The van der Waals surface area contributed by atoms with E-state index in [2.05, 4.69) is 10.0 Å². The molecule has 0 radical (unpaired) electrons. The van der Waals surface area contributed by atoms with Crippen molar-refractivity contribution in [1.82, 2.24) is 10.0 Å². The number of methoxy groups -OCH3 is 1. The monoisotopic (exact) mass is 290 g/mol. The van der Waals surface area contributed by atoms with Crippen LogP contribution >= 0.6 is 0 Å². The molecule has 5 nitrogen and oxygen atoms in total. The molecule has 0 atom stereocenters. The minimum absolute atomic E-state index is 0.0127. The van der Waals surface area contributed by atoms with Crippen molar-refractivity contribution in [2.75, 3.05) is 26.7 Å². The fraction of sp³-hybridized carbons (Fsp3) is 0.500. The lowest BCUT2D eigenvalue weighted by Gasteiger charge is -2.09.